The van der Waals surface area contributed by atoms with Gasteiger partial charge in [-0.05, 0) is 40.7 Å². The second kappa shape index (κ2) is 5.41. The molecule has 0 radical (unpaired) electrons. The van der Waals surface area contributed by atoms with E-state index in [2.05, 4.69) is 11.4 Å². The van der Waals surface area contributed by atoms with Crippen LogP contribution in [0, 0.1) is 11.3 Å². The van der Waals surface area contributed by atoms with Crippen molar-refractivity contribution in [2.75, 3.05) is 5.32 Å². The molecule has 0 aromatic heterocycles. The van der Waals surface area contributed by atoms with Crippen molar-refractivity contribution in [2.24, 2.45) is 0 Å². The van der Waals surface area contributed by atoms with E-state index in [0.29, 0.717) is 11.3 Å². The molecule has 0 aliphatic carbocycles. The van der Waals surface area contributed by atoms with Crippen LogP contribution >= 0.6 is 0 Å². The van der Waals surface area contributed by atoms with E-state index in [1.807, 2.05) is 0 Å². The summed E-state index contributed by atoms with van der Waals surface area (Å²) in [5, 5.41) is 21.6. The van der Waals surface area contributed by atoms with E-state index in [4.69, 9.17) is 10.00 Å². The molecule has 5 heteroatoms. The quantitative estimate of drug-likeness (QED) is 0.865. The lowest BCUT2D eigenvalue weighted by Crippen LogP contribution is -2.27. The molecule has 0 heterocycles. The van der Waals surface area contributed by atoms with Crippen LogP contribution in [0.2, 0.25) is 0 Å². The van der Waals surface area contributed by atoms with E-state index < -0.39 is 17.1 Å². The molecule has 0 saturated heterocycles. The fraction of sp³-hybridized carbons (Fsp3) is 0.467. The Kier molecular flexibility index (Phi) is 4.29. The predicted molar refractivity (Wildman–Crippen MR) is 76.6 cm³/mol. The number of aromatic hydroxyl groups is 1. The molecule has 1 amide bonds. The fourth-order valence-corrected chi connectivity index (χ4v) is 1.62. The van der Waals surface area contributed by atoms with Gasteiger partial charge < -0.3 is 9.84 Å². The van der Waals surface area contributed by atoms with Gasteiger partial charge in [0.05, 0.1) is 11.5 Å². The number of carbonyl (C=O) groups is 1. The molecule has 0 atom stereocenters. The van der Waals surface area contributed by atoms with Crippen molar-refractivity contribution in [3.8, 4) is 11.8 Å². The van der Waals surface area contributed by atoms with Gasteiger partial charge in [0, 0.05) is 17.3 Å². The van der Waals surface area contributed by atoms with Crippen LogP contribution in [-0.4, -0.2) is 16.8 Å². The SMILES string of the molecule is CC(C)(C)OC(=O)Nc1ccc(C(C)(C)C#N)c(O)c1. The minimum absolute atomic E-state index is 0.0369. The lowest BCUT2D eigenvalue weighted by Gasteiger charge is -2.21. The first-order chi connectivity index (χ1) is 9.05. The van der Waals surface area contributed by atoms with Crippen molar-refractivity contribution in [3.05, 3.63) is 23.8 Å². The minimum atomic E-state index is -0.797. The molecule has 1 aromatic rings. The predicted octanol–water partition coefficient (Wildman–Crippen LogP) is 3.54. The van der Waals surface area contributed by atoms with Crippen molar-refractivity contribution in [1.82, 2.24) is 0 Å². The minimum Gasteiger partial charge on any atom is -0.508 e. The third-order valence-electron chi connectivity index (χ3n) is 2.60. The van der Waals surface area contributed by atoms with Gasteiger partial charge in [-0.3, -0.25) is 5.32 Å². The molecule has 0 unspecified atom stereocenters. The number of phenols is 1. The standard InChI is InChI=1S/C15H20N2O3/c1-14(2,3)20-13(19)17-10-6-7-11(12(18)8-10)15(4,5)9-16/h6-8,18H,1-5H3,(H,17,19). The average Bonchev–Trinajstić information content (AvgIpc) is 2.25. The van der Waals surface area contributed by atoms with Crippen molar-refractivity contribution < 1.29 is 14.6 Å². The Hall–Kier alpha value is -2.22. The summed E-state index contributed by atoms with van der Waals surface area (Å²) < 4.78 is 5.12. The number of rotatable bonds is 2. The summed E-state index contributed by atoms with van der Waals surface area (Å²) in [5.41, 5.74) is -0.465. The zero-order valence-corrected chi connectivity index (χ0v) is 12.4. The number of hydrogen-bond acceptors (Lipinski definition) is 4. The maximum absolute atomic E-state index is 11.6. The number of phenolic OH excluding ortho intramolecular Hbond substituents is 1. The molecular weight excluding hydrogens is 256 g/mol. The zero-order chi connectivity index (χ0) is 15.6. The van der Waals surface area contributed by atoms with Gasteiger partial charge in [-0.15, -0.1) is 0 Å². The van der Waals surface area contributed by atoms with Crippen molar-refractivity contribution in [3.63, 3.8) is 0 Å². The number of nitrogens with one attached hydrogen (secondary N) is 1. The van der Waals surface area contributed by atoms with Crippen LogP contribution < -0.4 is 5.32 Å². The van der Waals surface area contributed by atoms with Gasteiger partial charge >= 0.3 is 6.09 Å². The first kappa shape index (κ1) is 15.8. The molecule has 108 valence electrons. The Balaban J connectivity index is 2.90. The molecule has 0 bridgehead atoms. The van der Waals surface area contributed by atoms with Crippen molar-refractivity contribution >= 4 is 11.8 Å². The first-order valence-electron chi connectivity index (χ1n) is 6.30. The highest BCUT2D eigenvalue weighted by atomic mass is 16.6. The van der Waals surface area contributed by atoms with E-state index in [0.717, 1.165) is 0 Å². The number of carbonyl (C=O) groups excluding carboxylic acids is 1. The lowest BCUT2D eigenvalue weighted by atomic mass is 9.85. The summed E-state index contributed by atoms with van der Waals surface area (Å²) in [6.07, 6.45) is -0.593. The normalized spacial score (nSPS) is 11.6. The molecule has 0 fully saturated rings. The van der Waals surface area contributed by atoms with Gasteiger partial charge in [-0.2, -0.15) is 5.26 Å². The Labute approximate surface area is 119 Å². The van der Waals surface area contributed by atoms with E-state index >= 15 is 0 Å². The highest BCUT2D eigenvalue weighted by Crippen LogP contribution is 2.32. The number of benzene rings is 1. The third kappa shape index (κ3) is 4.16. The maximum atomic E-state index is 11.6. The highest BCUT2D eigenvalue weighted by Gasteiger charge is 2.24. The molecule has 20 heavy (non-hydrogen) atoms. The Morgan fingerprint density at radius 3 is 2.35 bits per heavy atom. The summed E-state index contributed by atoms with van der Waals surface area (Å²) in [4.78, 5) is 11.6. The molecule has 5 nitrogen and oxygen atoms in total. The summed E-state index contributed by atoms with van der Waals surface area (Å²) >= 11 is 0. The summed E-state index contributed by atoms with van der Waals surface area (Å²) in [5.74, 6) is -0.0369. The maximum Gasteiger partial charge on any atom is 0.412 e. The molecule has 0 saturated carbocycles. The molecule has 1 rings (SSSR count). The summed E-state index contributed by atoms with van der Waals surface area (Å²) in [7, 11) is 0. The average molecular weight is 276 g/mol. The smallest absolute Gasteiger partial charge is 0.412 e. The van der Waals surface area contributed by atoms with Crippen LogP contribution in [0.4, 0.5) is 10.5 Å². The van der Waals surface area contributed by atoms with E-state index in [1.165, 1.54) is 6.07 Å². The van der Waals surface area contributed by atoms with Crippen LogP contribution in [0.25, 0.3) is 0 Å². The molecule has 2 N–H and O–H groups in total. The van der Waals surface area contributed by atoms with Crippen molar-refractivity contribution in [1.29, 1.82) is 5.26 Å². The zero-order valence-electron chi connectivity index (χ0n) is 12.4. The lowest BCUT2D eigenvalue weighted by molar-refractivity contribution is 0.0636. The van der Waals surface area contributed by atoms with Gasteiger partial charge in [0.15, 0.2) is 0 Å². The molecular formula is C15H20N2O3. The van der Waals surface area contributed by atoms with E-state index in [-0.39, 0.29) is 5.75 Å². The number of nitriles is 1. The summed E-state index contributed by atoms with van der Waals surface area (Å²) in [6, 6.07) is 6.76. The van der Waals surface area contributed by atoms with Crippen LogP contribution in [0.1, 0.15) is 40.2 Å². The summed E-state index contributed by atoms with van der Waals surface area (Å²) in [6.45, 7) is 8.72. The van der Waals surface area contributed by atoms with Crippen molar-refractivity contribution in [2.45, 2.75) is 45.6 Å². The van der Waals surface area contributed by atoms with Crippen LogP contribution in [0.5, 0.6) is 5.75 Å². The molecule has 0 aliphatic heterocycles. The van der Waals surface area contributed by atoms with Crippen LogP contribution in [0.3, 0.4) is 0 Å². The van der Waals surface area contributed by atoms with E-state index in [1.54, 1.807) is 46.8 Å². The largest absolute Gasteiger partial charge is 0.508 e. The molecule has 0 aliphatic rings. The number of nitrogens with zero attached hydrogens (tertiary/aromatic N) is 1. The third-order valence-corrected chi connectivity index (χ3v) is 2.60. The fourth-order valence-electron chi connectivity index (χ4n) is 1.62. The van der Waals surface area contributed by atoms with Gasteiger partial charge in [0.2, 0.25) is 0 Å². The second-order valence-electron chi connectivity index (χ2n) is 6.10. The topological polar surface area (TPSA) is 82.3 Å². The molecule has 0 spiro atoms. The van der Waals surface area contributed by atoms with Gasteiger partial charge in [-0.1, -0.05) is 6.07 Å². The monoisotopic (exact) mass is 276 g/mol. The number of hydrogen-bond donors (Lipinski definition) is 2. The Morgan fingerprint density at radius 1 is 1.30 bits per heavy atom. The van der Waals surface area contributed by atoms with Crippen LogP contribution in [-0.2, 0) is 10.2 Å². The number of amides is 1. The van der Waals surface area contributed by atoms with Gasteiger partial charge in [-0.25, -0.2) is 4.79 Å². The molecule has 1 aromatic carbocycles. The Morgan fingerprint density at radius 2 is 1.90 bits per heavy atom. The Bertz CT molecular complexity index is 551. The second-order valence-corrected chi connectivity index (χ2v) is 6.10. The van der Waals surface area contributed by atoms with E-state index in [9.17, 15) is 9.90 Å². The highest BCUT2D eigenvalue weighted by molar-refractivity contribution is 5.85. The first-order valence-corrected chi connectivity index (χ1v) is 6.30. The number of anilines is 1. The van der Waals surface area contributed by atoms with Crippen LogP contribution in [0.15, 0.2) is 18.2 Å². The van der Waals surface area contributed by atoms with Gasteiger partial charge in [0.25, 0.3) is 0 Å². The number of ether oxygens (including phenoxy) is 1. The van der Waals surface area contributed by atoms with Gasteiger partial charge in [0.1, 0.15) is 11.4 Å².